The maximum Gasteiger partial charge on any atom is 0.107 e. The number of halogens is 2. The van der Waals surface area contributed by atoms with Crippen LogP contribution in [-0.2, 0) is 0 Å². The van der Waals surface area contributed by atoms with Crippen molar-refractivity contribution < 1.29 is 0 Å². The Morgan fingerprint density at radius 2 is 2.00 bits per heavy atom. The van der Waals surface area contributed by atoms with Crippen molar-refractivity contribution in [3.8, 4) is 0 Å². The summed E-state index contributed by atoms with van der Waals surface area (Å²) in [6.07, 6.45) is 3.24. The van der Waals surface area contributed by atoms with Gasteiger partial charge in [0, 0.05) is 0 Å². The Bertz CT molecular complexity index is 35.1. The van der Waals surface area contributed by atoms with Crippen LogP contribution < -0.4 is 0 Å². The molecule has 0 radical (unpaired) electrons. The van der Waals surface area contributed by atoms with E-state index in [2.05, 4.69) is 6.92 Å². The van der Waals surface area contributed by atoms with Gasteiger partial charge in [-0.3, -0.25) is 0 Å². The van der Waals surface area contributed by atoms with Gasteiger partial charge in [-0.2, -0.15) is 0 Å². The third-order valence-electron chi connectivity index (χ3n) is 0.776. The fraction of sp³-hybridized carbons (Fsp3) is 1.00. The number of hydrogen-bond donors (Lipinski definition) is 0. The molecule has 0 aromatic rings. The zero-order valence-corrected chi connectivity index (χ0v) is 5.97. The van der Waals surface area contributed by atoms with Crippen LogP contribution >= 0.6 is 23.2 Å². The third-order valence-corrected chi connectivity index (χ3v) is 1.21. The number of hydrogen-bond acceptors (Lipinski definition) is 0. The van der Waals surface area contributed by atoms with Crippen LogP contribution in [0.5, 0.6) is 0 Å². The molecule has 0 heterocycles. The summed E-state index contributed by atoms with van der Waals surface area (Å²) in [6, 6.07) is 0. The van der Waals surface area contributed by atoms with Crippen LogP contribution in [0.4, 0.5) is 0 Å². The van der Waals surface area contributed by atoms with Gasteiger partial charge in [0.25, 0.3) is 0 Å². The van der Waals surface area contributed by atoms with Gasteiger partial charge in [0.2, 0.25) is 0 Å². The molecule has 0 spiro atoms. The minimum Gasteiger partial charge on any atom is -0.105 e. The zero-order chi connectivity index (χ0) is 5.70. The van der Waals surface area contributed by atoms with Gasteiger partial charge in [-0.05, 0) is 6.42 Å². The average Bonchev–Trinajstić information content (AvgIpc) is 1.61. The van der Waals surface area contributed by atoms with Crippen molar-refractivity contribution in [2.75, 3.05) is 0 Å². The molecular weight excluding hydrogens is 131 g/mol. The van der Waals surface area contributed by atoms with E-state index in [1.165, 1.54) is 6.42 Å². The molecule has 0 bridgehead atoms. The molecule has 0 aromatic carbocycles. The predicted octanol–water partition coefficient (Wildman–Crippen LogP) is 2.98. The molecule has 0 amide bonds. The maximum absolute atomic E-state index is 5.42. The molecule has 0 fully saturated rings. The molecule has 7 heavy (non-hydrogen) atoms. The molecule has 2 heteroatoms. The summed E-state index contributed by atoms with van der Waals surface area (Å²) in [7, 11) is 0. The summed E-state index contributed by atoms with van der Waals surface area (Å²) in [6.45, 7) is 2.12. The second-order valence-corrected chi connectivity index (χ2v) is 2.81. The summed E-state index contributed by atoms with van der Waals surface area (Å²) < 4.78 is 0. The van der Waals surface area contributed by atoms with Gasteiger partial charge in [-0.15, -0.1) is 23.2 Å². The van der Waals surface area contributed by atoms with Crippen LogP contribution in [0, 0.1) is 0 Å². The molecule has 0 nitrogen and oxygen atoms in total. The average molecular weight is 141 g/mol. The van der Waals surface area contributed by atoms with Crippen molar-refractivity contribution in [1.29, 1.82) is 0 Å². The van der Waals surface area contributed by atoms with Gasteiger partial charge in [0.15, 0.2) is 0 Å². The third kappa shape index (κ3) is 6.58. The highest BCUT2D eigenvalue weighted by Crippen LogP contribution is 2.10. The first kappa shape index (κ1) is 7.58. The highest BCUT2D eigenvalue weighted by Gasteiger charge is 1.93. The van der Waals surface area contributed by atoms with Gasteiger partial charge in [0.05, 0.1) is 0 Å². The number of rotatable bonds is 3. The lowest BCUT2D eigenvalue weighted by Crippen LogP contribution is -1.83. The largest absolute Gasteiger partial charge is 0.107 e. The van der Waals surface area contributed by atoms with Crippen LogP contribution in [0.15, 0.2) is 0 Å². The summed E-state index contributed by atoms with van der Waals surface area (Å²) in [5.74, 6) is 0. The Labute approximate surface area is 54.8 Å². The summed E-state index contributed by atoms with van der Waals surface area (Å²) in [5, 5.41) is 0. The molecule has 0 atom stereocenters. The zero-order valence-electron chi connectivity index (χ0n) is 4.45. The van der Waals surface area contributed by atoms with Crippen molar-refractivity contribution in [2.24, 2.45) is 0 Å². The minimum atomic E-state index is -0.153. The van der Waals surface area contributed by atoms with E-state index in [9.17, 15) is 0 Å². The van der Waals surface area contributed by atoms with E-state index < -0.39 is 0 Å². The molecule has 0 aromatic heterocycles. The highest BCUT2D eigenvalue weighted by molar-refractivity contribution is 6.44. The van der Waals surface area contributed by atoms with E-state index in [-0.39, 0.29) is 4.84 Å². The van der Waals surface area contributed by atoms with Gasteiger partial charge < -0.3 is 0 Å². The molecule has 0 N–H and O–H groups in total. The minimum absolute atomic E-state index is 0.153. The van der Waals surface area contributed by atoms with E-state index in [4.69, 9.17) is 23.2 Å². The van der Waals surface area contributed by atoms with E-state index in [0.29, 0.717) is 0 Å². The maximum atomic E-state index is 5.42. The molecule has 0 rings (SSSR count). The van der Waals surface area contributed by atoms with Gasteiger partial charge in [-0.1, -0.05) is 19.8 Å². The number of alkyl halides is 2. The predicted molar refractivity (Wildman–Crippen MR) is 35.0 cm³/mol. The molecule has 0 saturated carbocycles. The standard InChI is InChI=1S/C5H10Cl2/c1-2-3-4-5(6)7/h5H,2-4H2,1H3. The first-order chi connectivity index (χ1) is 3.27. The van der Waals surface area contributed by atoms with Gasteiger partial charge in [0.1, 0.15) is 4.84 Å². The molecular formula is C5H10Cl2. The highest BCUT2D eigenvalue weighted by atomic mass is 35.5. The lowest BCUT2D eigenvalue weighted by Gasteiger charge is -1.94. The molecule has 0 saturated heterocycles. The second kappa shape index (κ2) is 4.73. The van der Waals surface area contributed by atoms with Crippen LogP contribution in [0.3, 0.4) is 0 Å². The lowest BCUT2D eigenvalue weighted by atomic mass is 10.3. The van der Waals surface area contributed by atoms with Crippen LogP contribution in [0.25, 0.3) is 0 Å². The van der Waals surface area contributed by atoms with E-state index >= 15 is 0 Å². The van der Waals surface area contributed by atoms with Gasteiger partial charge >= 0.3 is 0 Å². The Hall–Kier alpha value is 0.580. The summed E-state index contributed by atoms with van der Waals surface area (Å²) >= 11 is 10.8. The fourth-order valence-corrected chi connectivity index (χ4v) is 0.667. The molecule has 0 aliphatic rings. The quantitative estimate of drug-likeness (QED) is 0.530. The summed E-state index contributed by atoms with van der Waals surface area (Å²) in [5.41, 5.74) is 0. The van der Waals surface area contributed by atoms with E-state index in [1.807, 2.05) is 0 Å². The molecule has 0 aliphatic heterocycles. The Balaban J connectivity index is 2.68. The lowest BCUT2D eigenvalue weighted by molar-refractivity contribution is 0.756. The van der Waals surface area contributed by atoms with Gasteiger partial charge in [-0.25, -0.2) is 0 Å². The molecule has 0 aliphatic carbocycles. The smallest absolute Gasteiger partial charge is 0.105 e. The SMILES string of the molecule is CCCCC(Cl)Cl. The Kier molecular flexibility index (Phi) is 5.12. The van der Waals surface area contributed by atoms with E-state index in [0.717, 1.165) is 12.8 Å². The Morgan fingerprint density at radius 1 is 1.43 bits per heavy atom. The van der Waals surface area contributed by atoms with E-state index in [1.54, 1.807) is 0 Å². The normalized spacial score (nSPS) is 10.3. The van der Waals surface area contributed by atoms with Crippen LogP contribution in [0.2, 0.25) is 0 Å². The van der Waals surface area contributed by atoms with Crippen molar-refractivity contribution in [1.82, 2.24) is 0 Å². The number of unbranched alkanes of at least 4 members (excludes halogenated alkanes) is 1. The first-order valence-electron chi connectivity index (χ1n) is 2.55. The van der Waals surface area contributed by atoms with Crippen LogP contribution in [0.1, 0.15) is 26.2 Å². The molecule has 44 valence electrons. The Morgan fingerprint density at radius 3 is 2.14 bits per heavy atom. The van der Waals surface area contributed by atoms with Crippen molar-refractivity contribution in [2.45, 2.75) is 31.0 Å². The van der Waals surface area contributed by atoms with Crippen LogP contribution in [-0.4, -0.2) is 4.84 Å². The fourth-order valence-electron chi connectivity index (χ4n) is 0.358. The van der Waals surface area contributed by atoms with Crippen molar-refractivity contribution in [3.05, 3.63) is 0 Å². The first-order valence-corrected chi connectivity index (χ1v) is 3.42. The van der Waals surface area contributed by atoms with Crippen molar-refractivity contribution >= 4 is 23.2 Å². The second-order valence-electron chi connectivity index (χ2n) is 1.53. The topological polar surface area (TPSA) is 0 Å². The van der Waals surface area contributed by atoms with Crippen molar-refractivity contribution in [3.63, 3.8) is 0 Å². The molecule has 0 unspecified atom stereocenters. The monoisotopic (exact) mass is 140 g/mol. The summed E-state index contributed by atoms with van der Waals surface area (Å²) in [4.78, 5) is -0.153.